The van der Waals surface area contributed by atoms with Crippen LogP contribution in [0.5, 0.6) is 0 Å². The van der Waals surface area contributed by atoms with Crippen LogP contribution < -0.4 is 5.32 Å². The Bertz CT molecular complexity index is 619. The van der Waals surface area contributed by atoms with Gasteiger partial charge in [-0.1, -0.05) is 12.1 Å². The van der Waals surface area contributed by atoms with Crippen molar-refractivity contribution in [2.75, 3.05) is 6.54 Å². The average Bonchev–Trinajstić information content (AvgIpc) is 3.02. The molecule has 22 heavy (non-hydrogen) atoms. The van der Waals surface area contributed by atoms with Gasteiger partial charge in [-0.25, -0.2) is 0 Å². The summed E-state index contributed by atoms with van der Waals surface area (Å²) in [5.74, 6) is 0.0291. The molecule has 0 unspecified atom stereocenters. The Hall–Kier alpha value is -1.66. The summed E-state index contributed by atoms with van der Waals surface area (Å²) in [6.07, 6.45) is 2.55. The Morgan fingerprint density at radius 1 is 1.18 bits per heavy atom. The van der Waals surface area contributed by atoms with Crippen LogP contribution in [-0.2, 0) is 11.3 Å². The van der Waals surface area contributed by atoms with Crippen molar-refractivity contribution in [3.63, 3.8) is 0 Å². The zero-order chi connectivity index (χ0) is 15.4. The van der Waals surface area contributed by atoms with Crippen LogP contribution >= 0.6 is 22.7 Å². The molecule has 2 amide bonds. The molecule has 0 saturated heterocycles. The van der Waals surface area contributed by atoms with E-state index in [1.165, 1.54) is 16.2 Å². The topological polar surface area (TPSA) is 49.4 Å². The number of nitrogens with zero attached hydrogens (tertiary/aromatic N) is 1. The maximum absolute atomic E-state index is 12.4. The Balaban J connectivity index is 1.48. The van der Waals surface area contributed by atoms with E-state index in [1.54, 1.807) is 17.4 Å². The second-order valence-corrected chi connectivity index (χ2v) is 7.30. The summed E-state index contributed by atoms with van der Waals surface area (Å²) in [6, 6.07) is 8.10. The second kappa shape index (κ2) is 7.07. The molecule has 6 heteroatoms. The summed E-state index contributed by atoms with van der Waals surface area (Å²) in [6.45, 7) is 1.09. The summed E-state index contributed by atoms with van der Waals surface area (Å²) in [7, 11) is 0. The van der Waals surface area contributed by atoms with Crippen LogP contribution in [0.15, 0.2) is 35.0 Å². The van der Waals surface area contributed by atoms with Crippen LogP contribution in [0.1, 0.15) is 33.8 Å². The van der Waals surface area contributed by atoms with E-state index in [1.807, 2.05) is 27.8 Å². The number of carbonyl (C=O) groups is 2. The largest absolute Gasteiger partial charge is 0.351 e. The minimum absolute atomic E-state index is 0.0981. The second-order valence-electron chi connectivity index (χ2n) is 5.32. The van der Waals surface area contributed by atoms with Gasteiger partial charge < -0.3 is 10.2 Å². The molecule has 2 heterocycles. The highest BCUT2D eigenvalue weighted by molar-refractivity contribution is 7.12. The lowest BCUT2D eigenvalue weighted by atomic mass is 10.3. The maximum Gasteiger partial charge on any atom is 0.261 e. The SMILES string of the molecule is O=C(NCCC(=O)N(Cc1cccs1)C1CC1)c1cccs1. The van der Waals surface area contributed by atoms with E-state index < -0.39 is 0 Å². The number of rotatable bonds is 7. The molecule has 4 nitrogen and oxygen atoms in total. The van der Waals surface area contributed by atoms with E-state index in [4.69, 9.17) is 0 Å². The van der Waals surface area contributed by atoms with Gasteiger partial charge in [-0.15, -0.1) is 22.7 Å². The average molecular weight is 334 g/mol. The fourth-order valence-electron chi connectivity index (χ4n) is 2.30. The Morgan fingerprint density at radius 3 is 2.59 bits per heavy atom. The van der Waals surface area contributed by atoms with E-state index in [0.717, 1.165) is 12.8 Å². The minimum Gasteiger partial charge on any atom is -0.351 e. The van der Waals surface area contributed by atoms with Gasteiger partial charge in [0.2, 0.25) is 5.91 Å². The van der Waals surface area contributed by atoms with Gasteiger partial charge in [-0.2, -0.15) is 0 Å². The van der Waals surface area contributed by atoms with Crippen molar-refractivity contribution in [1.29, 1.82) is 0 Å². The molecule has 1 fully saturated rings. The quantitative estimate of drug-likeness (QED) is 0.846. The molecule has 0 spiro atoms. The van der Waals surface area contributed by atoms with Crippen LogP contribution in [-0.4, -0.2) is 29.3 Å². The van der Waals surface area contributed by atoms with E-state index >= 15 is 0 Å². The molecular weight excluding hydrogens is 316 g/mol. The Labute approximate surface area is 137 Å². The molecule has 1 aliphatic carbocycles. The molecular formula is C16H18N2O2S2. The molecule has 2 aromatic rings. The van der Waals surface area contributed by atoms with Gasteiger partial charge in [0.1, 0.15) is 0 Å². The minimum atomic E-state index is -0.0981. The lowest BCUT2D eigenvalue weighted by Crippen LogP contribution is -2.35. The first-order valence-electron chi connectivity index (χ1n) is 7.37. The summed E-state index contributed by atoms with van der Waals surface area (Å²) >= 11 is 3.09. The summed E-state index contributed by atoms with van der Waals surface area (Å²) in [4.78, 5) is 28.1. The van der Waals surface area contributed by atoms with Gasteiger partial charge in [0.15, 0.2) is 0 Å². The van der Waals surface area contributed by atoms with Crippen LogP contribution in [0.2, 0.25) is 0 Å². The molecule has 1 saturated carbocycles. The third-order valence-electron chi connectivity index (χ3n) is 3.58. The predicted octanol–water partition coefficient (Wildman–Crippen LogP) is 3.12. The number of thiophene rings is 2. The highest BCUT2D eigenvalue weighted by Crippen LogP contribution is 2.29. The van der Waals surface area contributed by atoms with Gasteiger partial charge in [-0.05, 0) is 35.7 Å². The van der Waals surface area contributed by atoms with Gasteiger partial charge in [0.05, 0.1) is 11.4 Å². The molecule has 1 N–H and O–H groups in total. The van der Waals surface area contributed by atoms with Crippen LogP contribution in [0.4, 0.5) is 0 Å². The van der Waals surface area contributed by atoms with Crippen molar-refractivity contribution in [1.82, 2.24) is 10.2 Å². The zero-order valence-corrected chi connectivity index (χ0v) is 13.8. The number of amides is 2. The van der Waals surface area contributed by atoms with E-state index in [9.17, 15) is 9.59 Å². The molecule has 3 rings (SSSR count). The first kappa shape index (κ1) is 15.2. The summed E-state index contributed by atoms with van der Waals surface area (Å²) in [5.41, 5.74) is 0. The molecule has 116 valence electrons. The third-order valence-corrected chi connectivity index (χ3v) is 5.31. The fourth-order valence-corrected chi connectivity index (χ4v) is 3.64. The van der Waals surface area contributed by atoms with E-state index in [0.29, 0.717) is 30.4 Å². The van der Waals surface area contributed by atoms with Crippen molar-refractivity contribution >= 4 is 34.5 Å². The maximum atomic E-state index is 12.4. The molecule has 2 aromatic heterocycles. The van der Waals surface area contributed by atoms with Crippen molar-refractivity contribution in [3.05, 3.63) is 44.8 Å². The first-order chi connectivity index (χ1) is 10.7. The van der Waals surface area contributed by atoms with Crippen molar-refractivity contribution < 1.29 is 9.59 Å². The monoisotopic (exact) mass is 334 g/mol. The van der Waals surface area contributed by atoms with E-state index in [-0.39, 0.29) is 11.8 Å². The Kier molecular flexibility index (Phi) is 4.90. The molecule has 0 atom stereocenters. The van der Waals surface area contributed by atoms with Crippen molar-refractivity contribution in [2.24, 2.45) is 0 Å². The molecule has 0 radical (unpaired) electrons. The lowest BCUT2D eigenvalue weighted by molar-refractivity contribution is -0.132. The van der Waals surface area contributed by atoms with Gasteiger partial charge in [0, 0.05) is 23.9 Å². The number of hydrogen-bond donors (Lipinski definition) is 1. The molecule has 1 aliphatic rings. The van der Waals surface area contributed by atoms with E-state index in [2.05, 4.69) is 11.4 Å². The smallest absolute Gasteiger partial charge is 0.261 e. The van der Waals surface area contributed by atoms with Gasteiger partial charge in [0.25, 0.3) is 5.91 Å². The first-order valence-corrected chi connectivity index (χ1v) is 9.13. The van der Waals surface area contributed by atoms with Gasteiger partial charge >= 0.3 is 0 Å². The standard InChI is InChI=1S/C16H18N2O2S2/c19-15(7-8-17-16(20)14-4-2-10-22-14)18(12-5-6-12)11-13-3-1-9-21-13/h1-4,9-10,12H,5-8,11H2,(H,17,20). The summed E-state index contributed by atoms with van der Waals surface area (Å²) < 4.78 is 0. The molecule has 0 bridgehead atoms. The number of nitrogens with one attached hydrogen (secondary N) is 1. The molecule has 0 aromatic carbocycles. The van der Waals surface area contributed by atoms with Crippen molar-refractivity contribution in [2.45, 2.75) is 31.8 Å². The number of carbonyl (C=O) groups excluding carboxylic acids is 2. The highest BCUT2D eigenvalue weighted by Gasteiger charge is 2.32. The van der Waals surface area contributed by atoms with Crippen LogP contribution in [0, 0.1) is 0 Å². The normalized spacial score (nSPS) is 13.8. The van der Waals surface area contributed by atoms with Gasteiger partial charge in [-0.3, -0.25) is 9.59 Å². The Morgan fingerprint density at radius 2 is 1.95 bits per heavy atom. The summed E-state index contributed by atoms with van der Waals surface area (Å²) in [5, 5.41) is 6.72. The highest BCUT2D eigenvalue weighted by atomic mass is 32.1. The molecule has 0 aliphatic heterocycles. The zero-order valence-electron chi connectivity index (χ0n) is 12.2. The fraction of sp³-hybridized carbons (Fsp3) is 0.375. The predicted molar refractivity (Wildman–Crippen MR) is 89.2 cm³/mol. The van der Waals surface area contributed by atoms with Crippen LogP contribution in [0.25, 0.3) is 0 Å². The van der Waals surface area contributed by atoms with Crippen LogP contribution in [0.3, 0.4) is 0 Å². The lowest BCUT2D eigenvalue weighted by Gasteiger charge is -2.22. The van der Waals surface area contributed by atoms with Crippen molar-refractivity contribution in [3.8, 4) is 0 Å². The third kappa shape index (κ3) is 3.96. The number of hydrogen-bond acceptors (Lipinski definition) is 4.